The molecule has 2 N–H and O–H groups in total. The molecule has 7 nitrogen and oxygen atoms in total. The average molecular weight is 397 g/mol. The summed E-state index contributed by atoms with van der Waals surface area (Å²) in [5.41, 5.74) is 7.31. The van der Waals surface area contributed by atoms with Gasteiger partial charge in [0.15, 0.2) is 6.61 Å². The number of halogens is 1. The van der Waals surface area contributed by atoms with Crippen LogP contribution in [0.2, 0.25) is 0 Å². The molecule has 0 amide bonds. The lowest BCUT2D eigenvalue weighted by Gasteiger charge is -2.07. The summed E-state index contributed by atoms with van der Waals surface area (Å²) in [7, 11) is 1.39. The molecule has 0 unspecified atom stereocenters. The van der Waals surface area contributed by atoms with Gasteiger partial charge >= 0.3 is 5.97 Å². The van der Waals surface area contributed by atoms with Crippen molar-refractivity contribution < 1.29 is 23.5 Å². The number of hydrogen-bond donors (Lipinski definition) is 1. The monoisotopic (exact) mass is 397 g/mol. The van der Waals surface area contributed by atoms with Crippen molar-refractivity contribution in [1.29, 1.82) is 0 Å². The Morgan fingerprint density at radius 3 is 2.55 bits per heavy atom. The van der Waals surface area contributed by atoms with Crippen molar-refractivity contribution in [2.45, 2.75) is 13.5 Å². The van der Waals surface area contributed by atoms with Crippen LogP contribution in [0, 0.1) is 12.7 Å². The summed E-state index contributed by atoms with van der Waals surface area (Å²) >= 11 is 0. The quantitative estimate of drug-likeness (QED) is 0.486. The molecule has 0 atom stereocenters. The van der Waals surface area contributed by atoms with Gasteiger partial charge in [0.2, 0.25) is 5.78 Å². The number of hydrogen-bond acceptors (Lipinski definition) is 6. The number of carbonyl (C=O) groups excluding carboxylic acids is 2. The molecule has 2 aromatic carbocycles. The zero-order valence-electron chi connectivity index (χ0n) is 16.0. The molecule has 0 saturated heterocycles. The summed E-state index contributed by atoms with van der Waals surface area (Å²) in [5, 5.41) is 4.28. The maximum Gasteiger partial charge on any atom is 0.344 e. The van der Waals surface area contributed by atoms with E-state index in [2.05, 4.69) is 5.10 Å². The lowest BCUT2D eigenvalue weighted by atomic mass is 10.1. The van der Waals surface area contributed by atoms with Crippen molar-refractivity contribution in [3.05, 3.63) is 76.7 Å². The summed E-state index contributed by atoms with van der Waals surface area (Å²) in [6.07, 6.45) is 0. The fourth-order valence-corrected chi connectivity index (χ4v) is 2.86. The topological polar surface area (TPSA) is 96.4 Å². The van der Waals surface area contributed by atoms with Gasteiger partial charge in [0.25, 0.3) is 0 Å². The van der Waals surface area contributed by atoms with Crippen molar-refractivity contribution in [1.82, 2.24) is 9.78 Å². The van der Waals surface area contributed by atoms with Gasteiger partial charge in [-0.2, -0.15) is 5.10 Å². The van der Waals surface area contributed by atoms with E-state index in [4.69, 9.17) is 15.2 Å². The summed E-state index contributed by atoms with van der Waals surface area (Å²) in [6, 6.07) is 13.3. The maximum absolute atomic E-state index is 14.0. The first kappa shape index (κ1) is 20.1. The highest BCUT2D eigenvalue weighted by Crippen LogP contribution is 2.20. The van der Waals surface area contributed by atoms with E-state index >= 15 is 0 Å². The molecule has 3 aromatic rings. The van der Waals surface area contributed by atoms with E-state index in [0.29, 0.717) is 12.2 Å². The molecule has 0 bridgehead atoms. The molecule has 0 saturated carbocycles. The Kier molecular flexibility index (Phi) is 5.92. The number of methoxy groups -OCH3 is 1. The minimum absolute atomic E-state index is 0.0870. The van der Waals surface area contributed by atoms with Gasteiger partial charge in [-0.05, 0) is 24.6 Å². The highest BCUT2D eigenvalue weighted by atomic mass is 19.1. The predicted octanol–water partition coefficient (Wildman–Crippen LogP) is 3.01. The molecule has 0 radical (unpaired) electrons. The molecule has 150 valence electrons. The number of rotatable bonds is 7. The van der Waals surface area contributed by atoms with Crippen molar-refractivity contribution in [3.8, 4) is 5.75 Å². The van der Waals surface area contributed by atoms with Crippen LogP contribution in [0.15, 0.2) is 48.5 Å². The van der Waals surface area contributed by atoms with E-state index < -0.39 is 24.2 Å². The van der Waals surface area contributed by atoms with E-state index in [0.717, 1.165) is 11.6 Å². The standard InChI is InChI=1S/C21H20FN3O4/c1-13-19(20(23)25(24-13)11-14-6-4-3-5-7-14)21(27)29-12-18(26)16-9-8-15(28-2)10-17(16)22/h3-10H,11-12,23H2,1-2H3. The first-order valence-electron chi connectivity index (χ1n) is 8.81. The SMILES string of the molecule is COc1ccc(C(=O)COC(=O)c2c(C)nn(Cc3ccccc3)c2N)c(F)c1. The molecular formula is C21H20FN3O4. The average Bonchev–Trinajstić information content (AvgIpc) is 2.99. The Balaban J connectivity index is 1.70. The minimum Gasteiger partial charge on any atom is -0.497 e. The smallest absolute Gasteiger partial charge is 0.344 e. The lowest BCUT2D eigenvalue weighted by Crippen LogP contribution is -2.17. The second-order valence-corrected chi connectivity index (χ2v) is 6.33. The molecule has 0 spiro atoms. The number of nitrogens with two attached hydrogens (primary N) is 1. The van der Waals surface area contributed by atoms with Gasteiger partial charge in [0.1, 0.15) is 22.9 Å². The van der Waals surface area contributed by atoms with Crippen LogP contribution in [0.5, 0.6) is 5.75 Å². The Morgan fingerprint density at radius 2 is 1.90 bits per heavy atom. The second-order valence-electron chi connectivity index (χ2n) is 6.33. The lowest BCUT2D eigenvalue weighted by molar-refractivity contribution is 0.0473. The first-order valence-corrected chi connectivity index (χ1v) is 8.81. The van der Waals surface area contributed by atoms with Gasteiger partial charge < -0.3 is 15.2 Å². The van der Waals surface area contributed by atoms with Gasteiger partial charge in [-0.25, -0.2) is 13.9 Å². The van der Waals surface area contributed by atoms with Crippen LogP contribution in [0.3, 0.4) is 0 Å². The second kappa shape index (κ2) is 8.55. The normalized spacial score (nSPS) is 10.6. The summed E-state index contributed by atoms with van der Waals surface area (Å²) in [5.74, 6) is -1.80. The number of ether oxygens (including phenoxy) is 2. The van der Waals surface area contributed by atoms with Crippen molar-refractivity contribution in [3.63, 3.8) is 0 Å². The maximum atomic E-state index is 14.0. The number of anilines is 1. The number of nitrogen functional groups attached to an aromatic ring is 1. The minimum atomic E-state index is -0.790. The molecule has 3 rings (SSSR count). The Bertz CT molecular complexity index is 1050. The van der Waals surface area contributed by atoms with E-state index in [-0.39, 0.29) is 22.7 Å². The van der Waals surface area contributed by atoms with Gasteiger partial charge in [-0.1, -0.05) is 30.3 Å². The molecule has 1 heterocycles. The number of aromatic nitrogens is 2. The number of esters is 1. The Morgan fingerprint density at radius 1 is 1.17 bits per heavy atom. The summed E-state index contributed by atoms with van der Waals surface area (Å²) in [6.45, 7) is 1.39. The van der Waals surface area contributed by atoms with Crippen LogP contribution in [0.4, 0.5) is 10.2 Å². The third-order valence-electron chi connectivity index (χ3n) is 4.36. The predicted molar refractivity (Wildman–Crippen MR) is 104 cm³/mol. The zero-order chi connectivity index (χ0) is 21.0. The fraction of sp³-hybridized carbons (Fsp3) is 0.190. The summed E-state index contributed by atoms with van der Waals surface area (Å²) in [4.78, 5) is 24.7. The molecule has 0 fully saturated rings. The Hall–Kier alpha value is -3.68. The van der Waals surface area contributed by atoms with Crippen LogP contribution in [0.1, 0.15) is 32.0 Å². The fourth-order valence-electron chi connectivity index (χ4n) is 2.86. The molecule has 0 aliphatic heterocycles. The highest BCUT2D eigenvalue weighted by molar-refractivity contribution is 6.01. The molecular weight excluding hydrogens is 377 g/mol. The van der Waals surface area contributed by atoms with Gasteiger partial charge in [-0.15, -0.1) is 0 Å². The third-order valence-corrected chi connectivity index (χ3v) is 4.36. The van der Waals surface area contributed by atoms with E-state index in [1.165, 1.54) is 23.9 Å². The van der Waals surface area contributed by atoms with Gasteiger partial charge in [-0.3, -0.25) is 4.79 Å². The van der Waals surface area contributed by atoms with Gasteiger partial charge in [0.05, 0.1) is 24.9 Å². The summed E-state index contributed by atoms with van der Waals surface area (Å²) < 4.78 is 25.4. The van der Waals surface area contributed by atoms with E-state index in [1.807, 2.05) is 30.3 Å². The van der Waals surface area contributed by atoms with Crippen molar-refractivity contribution in [2.75, 3.05) is 19.5 Å². The number of nitrogens with zero attached hydrogens (tertiary/aromatic N) is 2. The van der Waals surface area contributed by atoms with Crippen LogP contribution in [0.25, 0.3) is 0 Å². The van der Waals surface area contributed by atoms with Crippen LogP contribution in [-0.4, -0.2) is 35.2 Å². The molecule has 1 aromatic heterocycles. The van der Waals surface area contributed by atoms with Crippen LogP contribution < -0.4 is 10.5 Å². The largest absolute Gasteiger partial charge is 0.497 e. The first-order chi connectivity index (χ1) is 13.9. The number of benzene rings is 2. The van der Waals surface area contributed by atoms with Crippen LogP contribution in [-0.2, 0) is 11.3 Å². The molecule has 29 heavy (non-hydrogen) atoms. The van der Waals surface area contributed by atoms with Gasteiger partial charge in [0, 0.05) is 6.07 Å². The van der Waals surface area contributed by atoms with E-state index in [9.17, 15) is 14.0 Å². The van der Waals surface area contributed by atoms with Crippen LogP contribution >= 0.6 is 0 Å². The Labute approximate surface area is 166 Å². The molecule has 0 aliphatic rings. The highest BCUT2D eigenvalue weighted by Gasteiger charge is 2.23. The number of carbonyl (C=O) groups is 2. The zero-order valence-corrected chi connectivity index (χ0v) is 16.0. The number of Topliss-reactive ketones (excluding diaryl/α,β-unsaturated/α-hetero) is 1. The number of ketones is 1. The van der Waals surface area contributed by atoms with E-state index in [1.54, 1.807) is 6.92 Å². The van der Waals surface area contributed by atoms with Crippen molar-refractivity contribution >= 4 is 17.6 Å². The molecule has 0 aliphatic carbocycles. The third kappa shape index (κ3) is 4.43. The number of aryl methyl sites for hydroxylation is 1. The van der Waals surface area contributed by atoms with Crippen molar-refractivity contribution in [2.24, 2.45) is 0 Å². The molecule has 8 heteroatoms.